The Morgan fingerprint density at radius 3 is 2.32 bits per heavy atom. The van der Waals surface area contributed by atoms with Crippen LogP contribution in [0.1, 0.15) is 50.8 Å². The van der Waals surface area contributed by atoms with E-state index in [-0.39, 0.29) is 0 Å². The van der Waals surface area contributed by atoms with E-state index in [9.17, 15) is 0 Å². The first-order valence-corrected chi connectivity index (χ1v) is 7.76. The molecular weight excluding hydrogens is 232 g/mol. The van der Waals surface area contributed by atoms with Gasteiger partial charge in [0.15, 0.2) is 0 Å². The van der Waals surface area contributed by atoms with Gasteiger partial charge in [0.05, 0.1) is 0 Å². The van der Waals surface area contributed by atoms with Gasteiger partial charge in [-0.1, -0.05) is 45.0 Å². The van der Waals surface area contributed by atoms with Crippen LogP contribution in [0.3, 0.4) is 0 Å². The van der Waals surface area contributed by atoms with Crippen molar-refractivity contribution in [2.45, 2.75) is 52.1 Å². The van der Waals surface area contributed by atoms with Crippen LogP contribution in [0.5, 0.6) is 0 Å². The highest BCUT2D eigenvalue weighted by Crippen LogP contribution is 2.24. The third kappa shape index (κ3) is 4.05. The fourth-order valence-corrected chi connectivity index (χ4v) is 2.88. The van der Waals surface area contributed by atoms with E-state index in [1.54, 1.807) is 0 Å². The van der Waals surface area contributed by atoms with Gasteiger partial charge in [0.1, 0.15) is 0 Å². The molecule has 0 radical (unpaired) electrons. The maximum absolute atomic E-state index is 3.87. The summed E-state index contributed by atoms with van der Waals surface area (Å²) in [7, 11) is 0. The standard InChI is InChI=1S/C17H28N2/c1-4-14-5-7-15(8-6-14)17(13(2)3)19-16-9-11-18-12-10-16/h5-8,13,16-19H,4,9-12H2,1-3H3. The predicted molar refractivity (Wildman–Crippen MR) is 82.4 cm³/mol. The lowest BCUT2D eigenvalue weighted by Crippen LogP contribution is -2.42. The number of benzene rings is 1. The van der Waals surface area contributed by atoms with Gasteiger partial charge in [0.25, 0.3) is 0 Å². The molecule has 2 rings (SSSR count). The Morgan fingerprint density at radius 1 is 1.16 bits per heavy atom. The normalized spacial score (nSPS) is 18.7. The fraction of sp³-hybridized carbons (Fsp3) is 0.647. The molecule has 1 aliphatic rings. The number of piperidine rings is 1. The van der Waals surface area contributed by atoms with E-state index in [2.05, 4.69) is 55.7 Å². The number of aryl methyl sites for hydroxylation is 1. The largest absolute Gasteiger partial charge is 0.317 e. The van der Waals surface area contributed by atoms with E-state index >= 15 is 0 Å². The Bertz CT molecular complexity index is 363. The van der Waals surface area contributed by atoms with Crippen molar-refractivity contribution in [2.24, 2.45) is 5.92 Å². The topological polar surface area (TPSA) is 24.1 Å². The van der Waals surface area contributed by atoms with Crippen LogP contribution in [0.2, 0.25) is 0 Å². The van der Waals surface area contributed by atoms with Crippen molar-refractivity contribution in [2.75, 3.05) is 13.1 Å². The van der Waals surface area contributed by atoms with Crippen molar-refractivity contribution in [1.29, 1.82) is 0 Å². The van der Waals surface area contributed by atoms with E-state index in [1.165, 1.54) is 24.0 Å². The molecule has 1 atom stereocenters. The monoisotopic (exact) mass is 260 g/mol. The highest BCUT2D eigenvalue weighted by molar-refractivity contribution is 5.25. The van der Waals surface area contributed by atoms with Crippen LogP contribution in [-0.2, 0) is 6.42 Å². The Kier molecular flexibility index (Phi) is 5.41. The molecular formula is C17H28N2. The molecule has 2 heteroatoms. The fourth-order valence-electron chi connectivity index (χ4n) is 2.88. The van der Waals surface area contributed by atoms with Crippen molar-refractivity contribution in [1.82, 2.24) is 10.6 Å². The summed E-state index contributed by atoms with van der Waals surface area (Å²) in [6, 6.07) is 10.3. The minimum absolute atomic E-state index is 0.481. The van der Waals surface area contributed by atoms with Crippen LogP contribution < -0.4 is 10.6 Å². The van der Waals surface area contributed by atoms with Gasteiger partial charge in [0, 0.05) is 12.1 Å². The average Bonchev–Trinajstić information content (AvgIpc) is 2.46. The molecule has 1 unspecified atom stereocenters. The lowest BCUT2D eigenvalue weighted by Gasteiger charge is -2.31. The van der Waals surface area contributed by atoms with E-state index in [0.29, 0.717) is 18.0 Å². The van der Waals surface area contributed by atoms with Crippen molar-refractivity contribution in [3.8, 4) is 0 Å². The molecule has 106 valence electrons. The zero-order valence-electron chi connectivity index (χ0n) is 12.6. The number of nitrogens with one attached hydrogen (secondary N) is 2. The molecule has 0 saturated carbocycles. The second-order valence-corrected chi connectivity index (χ2v) is 6.01. The molecule has 19 heavy (non-hydrogen) atoms. The van der Waals surface area contributed by atoms with Crippen molar-refractivity contribution >= 4 is 0 Å². The molecule has 2 nitrogen and oxygen atoms in total. The van der Waals surface area contributed by atoms with E-state index in [0.717, 1.165) is 19.5 Å². The molecule has 1 aromatic carbocycles. The predicted octanol–water partition coefficient (Wildman–Crippen LogP) is 3.29. The summed E-state index contributed by atoms with van der Waals surface area (Å²) in [5.74, 6) is 0.627. The summed E-state index contributed by atoms with van der Waals surface area (Å²) in [6.45, 7) is 9.13. The van der Waals surface area contributed by atoms with Crippen molar-refractivity contribution in [3.05, 3.63) is 35.4 Å². The Morgan fingerprint density at radius 2 is 1.79 bits per heavy atom. The molecule has 0 aromatic heterocycles. The number of rotatable bonds is 5. The lowest BCUT2D eigenvalue weighted by atomic mass is 9.93. The van der Waals surface area contributed by atoms with Gasteiger partial charge in [-0.3, -0.25) is 0 Å². The second kappa shape index (κ2) is 7.06. The van der Waals surface area contributed by atoms with Gasteiger partial charge in [-0.15, -0.1) is 0 Å². The first-order valence-electron chi connectivity index (χ1n) is 7.76. The van der Waals surface area contributed by atoms with Crippen LogP contribution in [0.4, 0.5) is 0 Å². The number of hydrogen-bond donors (Lipinski definition) is 2. The Hall–Kier alpha value is -0.860. The lowest BCUT2D eigenvalue weighted by molar-refractivity contribution is 0.309. The molecule has 2 N–H and O–H groups in total. The molecule has 0 amide bonds. The van der Waals surface area contributed by atoms with Gasteiger partial charge in [-0.25, -0.2) is 0 Å². The highest BCUT2D eigenvalue weighted by atomic mass is 15.0. The molecule has 1 aromatic rings. The summed E-state index contributed by atoms with van der Waals surface area (Å²) >= 11 is 0. The molecule has 0 spiro atoms. The molecule has 1 saturated heterocycles. The minimum atomic E-state index is 0.481. The van der Waals surface area contributed by atoms with Crippen LogP contribution in [0.15, 0.2) is 24.3 Å². The maximum atomic E-state index is 3.87. The first-order chi connectivity index (χ1) is 9.20. The quantitative estimate of drug-likeness (QED) is 0.849. The summed E-state index contributed by atoms with van der Waals surface area (Å²) in [6.07, 6.45) is 3.61. The summed E-state index contributed by atoms with van der Waals surface area (Å²) in [5.41, 5.74) is 2.86. The van der Waals surface area contributed by atoms with Crippen LogP contribution in [0, 0.1) is 5.92 Å². The van der Waals surface area contributed by atoms with Crippen LogP contribution >= 0.6 is 0 Å². The average molecular weight is 260 g/mol. The van der Waals surface area contributed by atoms with Gasteiger partial charge >= 0.3 is 0 Å². The van der Waals surface area contributed by atoms with Gasteiger partial charge in [-0.2, -0.15) is 0 Å². The summed E-state index contributed by atoms with van der Waals surface area (Å²) in [4.78, 5) is 0. The third-order valence-corrected chi connectivity index (χ3v) is 4.17. The maximum Gasteiger partial charge on any atom is 0.0345 e. The number of hydrogen-bond acceptors (Lipinski definition) is 2. The molecule has 1 heterocycles. The van der Waals surface area contributed by atoms with Crippen LogP contribution in [0.25, 0.3) is 0 Å². The SMILES string of the molecule is CCc1ccc(C(NC2CCNCC2)C(C)C)cc1. The van der Waals surface area contributed by atoms with E-state index in [4.69, 9.17) is 0 Å². The minimum Gasteiger partial charge on any atom is -0.317 e. The van der Waals surface area contributed by atoms with E-state index in [1.807, 2.05) is 0 Å². The third-order valence-electron chi connectivity index (χ3n) is 4.17. The van der Waals surface area contributed by atoms with Crippen LogP contribution in [-0.4, -0.2) is 19.1 Å². The van der Waals surface area contributed by atoms with Crippen molar-refractivity contribution in [3.63, 3.8) is 0 Å². The summed E-state index contributed by atoms with van der Waals surface area (Å²) in [5, 5.41) is 7.30. The summed E-state index contributed by atoms with van der Waals surface area (Å²) < 4.78 is 0. The highest BCUT2D eigenvalue weighted by Gasteiger charge is 2.21. The molecule has 0 aliphatic carbocycles. The molecule has 1 fully saturated rings. The Labute approximate surface area is 118 Å². The second-order valence-electron chi connectivity index (χ2n) is 6.01. The zero-order valence-corrected chi connectivity index (χ0v) is 12.6. The Balaban J connectivity index is 2.05. The molecule has 0 bridgehead atoms. The van der Waals surface area contributed by atoms with Gasteiger partial charge in [0.2, 0.25) is 0 Å². The first kappa shape index (κ1) is 14.5. The zero-order chi connectivity index (χ0) is 13.7. The van der Waals surface area contributed by atoms with E-state index < -0.39 is 0 Å². The van der Waals surface area contributed by atoms with Gasteiger partial charge in [-0.05, 0) is 49.4 Å². The van der Waals surface area contributed by atoms with Gasteiger partial charge < -0.3 is 10.6 Å². The molecule has 1 aliphatic heterocycles. The smallest absolute Gasteiger partial charge is 0.0345 e. The van der Waals surface area contributed by atoms with Crippen molar-refractivity contribution < 1.29 is 0 Å².